The number of hydrogen-bond acceptors (Lipinski definition) is 2. The number of hydrogen-bond donors (Lipinski definition) is 0. The van der Waals surface area contributed by atoms with Crippen LogP contribution in [0.5, 0.6) is 0 Å². The van der Waals surface area contributed by atoms with Crippen LogP contribution in [-0.2, 0) is 12.8 Å². The molecule has 0 aliphatic rings. The van der Waals surface area contributed by atoms with E-state index in [-0.39, 0.29) is 0 Å². The lowest BCUT2D eigenvalue weighted by Gasteiger charge is -2.14. The Balaban J connectivity index is 1.27. The first-order chi connectivity index (χ1) is 20.7. The van der Waals surface area contributed by atoms with E-state index >= 15 is 0 Å². The van der Waals surface area contributed by atoms with Crippen LogP contribution >= 0.6 is 22.7 Å². The first-order valence-corrected chi connectivity index (χ1v) is 16.2. The maximum absolute atomic E-state index is 2.54. The zero-order chi connectivity index (χ0) is 27.8. The second kappa shape index (κ2) is 9.29. The fourth-order valence-corrected chi connectivity index (χ4v) is 9.26. The van der Waals surface area contributed by atoms with Crippen LogP contribution in [-0.4, -0.2) is 4.57 Å². The van der Waals surface area contributed by atoms with Crippen molar-refractivity contribution >= 4 is 84.8 Å². The van der Waals surface area contributed by atoms with Gasteiger partial charge in [0.05, 0.1) is 11.0 Å². The lowest BCUT2D eigenvalue weighted by molar-refractivity contribution is 0.969. The monoisotopic (exact) mass is 573 g/mol. The van der Waals surface area contributed by atoms with Gasteiger partial charge in [0.25, 0.3) is 0 Å². The van der Waals surface area contributed by atoms with Crippen LogP contribution in [0.1, 0.15) is 16.7 Å². The van der Waals surface area contributed by atoms with Gasteiger partial charge in [0.2, 0.25) is 0 Å². The van der Waals surface area contributed by atoms with Crippen molar-refractivity contribution < 1.29 is 0 Å². The van der Waals surface area contributed by atoms with Crippen molar-refractivity contribution in [2.45, 2.75) is 19.8 Å². The van der Waals surface area contributed by atoms with E-state index in [1.165, 1.54) is 84.5 Å². The predicted molar refractivity (Wildman–Crippen MR) is 185 cm³/mol. The van der Waals surface area contributed by atoms with Crippen LogP contribution in [0.3, 0.4) is 0 Å². The van der Waals surface area contributed by atoms with E-state index in [1.54, 1.807) is 0 Å². The summed E-state index contributed by atoms with van der Waals surface area (Å²) in [6, 6.07) is 45.1. The third-order valence-electron chi connectivity index (χ3n) is 8.88. The van der Waals surface area contributed by atoms with E-state index in [0.29, 0.717) is 0 Å². The number of nitrogens with zero attached hydrogens (tertiary/aromatic N) is 1. The molecule has 0 saturated carbocycles. The molecule has 3 heteroatoms. The summed E-state index contributed by atoms with van der Waals surface area (Å²) in [6.07, 6.45) is 2.00. The molecule has 0 fully saturated rings. The highest BCUT2D eigenvalue weighted by Crippen LogP contribution is 2.42. The SMILES string of the molecule is Cc1ccccc1-n1c2cc3sc4ccccc4c3cc2c2cccc(CCc3cccc4c3sc3ccccc34)c21. The van der Waals surface area contributed by atoms with Gasteiger partial charge in [-0.25, -0.2) is 0 Å². The lowest BCUT2D eigenvalue weighted by Crippen LogP contribution is -2.00. The third kappa shape index (κ3) is 3.54. The minimum absolute atomic E-state index is 0.990. The fourth-order valence-electron chi connectivity index (χ4n) is 6.89. The standard InChI is InChI=1S/C39H27NS2/c1-24-10-2-5-17-33(24)40-34-23-37-32(28-14-4-6-18-35(28)41-37)22-31(34)29-15-8-11-25(38(29)40)20-21-26-12-9-16-30-27-13-3-7-19-36(27)42-39(26)30/h2-19,22-23H,20-21H2,1H3. The van der Waals surface area contributed by atoms with Crippen molar-refractivity contribution in [1.29, 1.82) is 0 Å². The molecule has 0 aliphatic heterocycles. The highest BCUT2D eigenvalue weighted by atomic mass is 32.1. The molecule has 0 saturated heterocycles. The number of aromatic nitrogens is 1. The maximum Gasteiger partial charge on any atom is 0.0573 e. The molecule has 0 unspecified atom stereocenters. The molecular formula is C39H27NS2. The maximum atomic E-state index is 2.54. The largest absolute Gasteiger partial charge is 0.309 e. The molecule has 0 atom stereocenters. The van der Waals surface area contributed by atoms with Crippen LogP contribution in [0.4, 0.5) is 0 Å². The van der Waals surface area contributed by atoms with Gasteiger partial charge in [-0.1, -0.05) is 91.0 Å². The Bertz CT molecular complexity index is 2490. The van der Waals surface area contributed by atoms with Gasteiger partial charge in [0.15, 0.2) is 0 Å². The Morgan fingerprint density at radius 3 is 1.98 bits per heavy atom. The molecule has 200 valence electrons. The Morgan fingerprint density at radius 1 is 0.500 bits per heavy atom. The van der Waals surface area contributed by atoms with Crippen molar-refractivity contribution in [2.24, 2.45) is 0 Å². The van der Waals surface area contributed by atoms with E-state index in [2.05, 4.69) is 133 Å². The van der Waals surface area contributed by atoms with Crippen LogP contribution in [0.2, 0.25) is 0 Å². The van der Waals surface area contributed by atoms with Gasteiger partial charge in [0.1, 0.15) is 0 Å². The Morgan fingerprint density at radius 2 is 1.14 bits per heavy atom. The summed E-state index contributed by atoms with van der Waals surface area (Å²) in [5, 5.41) is 8.12. The lowest BCUT2D eigenvalue weighted by atomic mass is 10.00. The highest BCUT2D eigenvalue weighted by Gasteiger charge is 2.19. The van der Waals surface area contributed by atoms with Crippen molar-refractivity contribution in [1.82, 2.24) is 4.57 Å². The average Bonchev–Trinajstić information content (AvgIpc) is 3.69. The van der Waals surface area contributed by atoms with E-state index in [0.717, 1.165) is 12.8 Å². The molecule has 6 aromatic carbocycles. The van der Waals surface area contributed by atoms with E-state index in [9.17, 15) is 0 Å². The van der Waals surface area contributed by atoms with Gasteiger partial charge in [0, 0.05) is 56.8 Å². The molecular weight excluding hydrogens is 547 g/mol. The molecule has 0 bridgehead atoms. The van der Waals surface area contributed by atoms with Crippen LogP contribution in [0.15, 0.2) is 121 Å². The van der Waals surface area contributed by atoms with E-state index in [1.807, 2.05) is 22.7 Å². The topological polar surface area (TPSA) is 4.93 Å². The fraction of sp³-hybridized carbons (Fsp3) is 0.0769. The number of para-hydroxylation sites is 2. The molecule has 9 aromatic rings. The van der Waals surface area contributed by atoms with Gasteiger partial charge < -0.3 is 4.57 Å². The van der Waals surface area contributed by atoms with Gasteiger partial charge >= 0.3 is 0 Å². The summed E-state index contributed by atoms with van der Waals surface area (Å²) < 4.78 is 8.04. The molecule has 9 rings (SSSR count). The number of aryl methyl sites for hydroxylation is 3. The Labute approximate surface area is 251 Å². The third-order valence-corrected chi connectivity index (χ3v) is 11.3. The zero-order valence-electron chi connectivity index (χ0n) is 23.2. The molecule has 3 heterocycles. The number of fused-ring (bicyclic) bond motifs is 9. The summed E-state index contributed by atoms with van der Waals surface area (Å²) >= 11 is 3.83. The van der Waals surface area contributed by atoms with Crippen molar-refractivity contribution in [3.8, 4) is 5.69 Å². The molecule has 0 aliphatic carbocycles. The predicted octanol–water partition coefficient (Wildman–Crippen LogP) is 11.6. The first kappa shape index (κ1) is 24.2. The molecule has 0 spiro atoms. The minimum Gasteiger partial charge on any atom is -0.309 e. The Kier molecular flexibility index (Phi) is 5.35. The summed E-state index contributed by atoms with van der Waals surface area (Å²) in [4.78, 5) is 0. The van der Waals surface area contributed by atoms with E-state index in [4.69, 9.17) is 0 Å². The second-order valence-corrected chi connectivity index (χ2v) is 13.4. The summed E-state index contributed by atoms with van der Waals surface area (Å²) in [5.74, 6) is 0. The number of benzene rings is 6. The van der Waals surface area contributed by atoms with Gasteiger partial charge in [-0.2, -0.15) is 0 Å². The second-order valence-electron chi connectivity index (χ2n) is 11.3. The van der Waals surface area contributed by atoms with Crippen molar-refractivity contribution in [3.63, 3.8) is 0 Å². The highest BCUT2D eigenvalue weighted by molar-refractivity contribution is 7.26. The van der Waals surface area contributed by atoms with Gasteiger partial charge in [-0.3, -0.25) is 0 Å². The quantitative estimate of drug-likeness (QED) is 0.197. The zero-order valence-corrected chi connectivity index (χ0v) is 24.9. The van der Waals surface area contributed by atoms with Crippen molar-refractivity contribution in [3.05, 3.63) is 138 Å². The molecule has 42 heavy (non-hydrogen) atoms. The molecule has 0 radical (unpaired) electrons. The normalized spacial score (nSPS) is 12.1. The number of thiophene rings is 2. The Hall–Kier alpha value is -4.44. The van der Waals surface area contributed by atoms with Crippen molar-refractivity contribution in [2.75, 3.05) is 0 Å². The number of rotatable bonds is 4. The smallest absolute Gasteiger partial charge is 0.0573 e. The average molecular weight is 574 g/mol. The van der Waals surface area contributed by atoms with Crippen LogP contribution in [0.25, 0.3) is 67.8 Å². The minimum atomic E-state index is 0.990. The summed E-state index contributed by atoms with van der Waals surface area (Å²) in [5.41, 5.74) is 8.02. The summed E-state index contributed by atoms with van der Waals surface area (Å²) in [7, 11) is 0. The molecule has 0 amide bonds. The van der Waals surface area contributed by atoms with Crippen LogP contribution < -0.4 is 0 Å². The summed E-state index contributed by atoms with van der Waals surface area (Å²) in [6.45, 7) is 2.23. The van der Waals surface area contributed by atoms with Crippen LogP contribution in [0, 0.1) is 6.92 Å². The van der Waals surface area contributed by atoms with Gasteiger partial charge in [-0.15, -0.1) is 22.7 Å². The molecule has 1 nitrogen and oxygen atoms in total. The first-order valence-electron chi connectivity index (χ1n) is 14.6. The van der Waals surface area contributed by atoms with Gasteiger partial charge in [-0.05, 0) is 66.8 Å². The molecule has 0 N–H and O–H groups in total. The molecule has 3 aromatic heterocycles. The van der Waals surface area contributed by atoms with E-state index < -0.39 is 0 Å².